The average Bonchev–Trinajstić information content (AvgIpc) is 2.81. The van der Waals surface area contributed by atoms with E-state index >= 15 is 0 Å². The van der Waals surface area contributed by atoms with E-state index in [1.54, 1.807) is 24.0 Å². The maximum atomic E-state index is 12.0. The number of hydrogen-bond donors (Lipinski definition) is 2. The minimum absolute atomic E-state index is 0.0655. The number of anilines is 1. The number of imidazole rings is 1. The topological polar surface area (TPSA) is 116 Å². The number of nitrogen functional groups attached to an aromatic ring is 1. The van der Waals surface area contributed by atoms with E-state index in [-0.39, 0.29) is 23.5 Å². The van der Waals surface area contributed by atoms with Crippen LogP contribution in [0.4, 0.5) is 11.4 Å². The number of nitrogens with zero attached hydrogens (tertiary/aromatic N) is 3. The summed E-state index contributed by atoms with van der Waals surface area (Å²) in [6.45, 7) is 0.175. The van der Waals surface area contributed by atoms with Gasteiger partial charge in [-0.15, -0.1) is 0 Å². The summed E-state index contributed by atoms with van der Waals surface area (Å²) >= 11 is 0. The maximum Gasteiger partial charge on any atom is 0.282 e. The van der Waals surface area contributed by atoms with Crippen LogP contribution >= 0.6 is 0 Å². The standard InChI is InChI=1S/C12H13N5O3/c1-16-5-4-14-11(16)7-15-12(18)9-6-8(13)2-3-10(9)17(19)20/h2-6H,7,13H2,1H3,(H,15,18). The van der Waals surface area contributed by atoms with Gasteiger partial charge in [-0.25, -0.2) is 4.98 Å². The third-order valence-corrected chi connectivity index (χ3v) is 2.79. The van der Waals surface area contributed by atoms with Crippen molar-refractivity contribution < 1.29 is 9.72 Å². The van der Waals surface area contributed by atoms with Crippen molar-refractivity contribution in [2.75, 3.05) is 5.73 Å². The molecule has 0 aliphatic carbocycles. The van der Waals surface area contributed by atoms with Gasteiger partial charge in [-0.3, -0.25) is 14.9 Å². The van der Waals surface area contributed by atoms with Gasteiger partial charge in [0.1, 0.15) is 11.4 Å². The first-order chi connectivity index (χ1) is 9.49. The maximum absolute atomic E-state index is 12.0. The minimum Gasteiger partial charge on any atom is -0.399 e. The van der Waals surface area contributed by atoms with Crippen LogP contribution < -0.4 is 11.1 Å². The zero-order valence-electron chi connectivity index (χ0n) is 10.7. The molecule has 0 saturated heterocycles. The Morgan fingerprint density at radius 2 is 2.30 bits per heavy atom. The lowest BCUT2D eigenvalue weighted by Crippen LogP contribution is -2.25. The average molecular weight is 275 g/mol. The predicted octanol–water partition coefficient (Wildman–Crippen LogP) is 0.841. The molecule has 0 aliphatic rings. The van der Waals surface area contributed by atoms with E-state index in [0.29, 0.717) is 5.82 Å². The van der Waals surface area contributed by atoms with Crippen molar-refractivity contribution in [3.63, 3.8) is 0 Å². The number of carbonyl (C=O) groups excluding carboxylic acids is 1. The van der Waals surface area contributed by atoms with Crippen molar-refractivity contribution in [1.29, 1.82) is 0 Å². The Morgan fingerprint density at radius 1 is 1.55 bits per heavy atom. The number of hydrogen-bond acceptors (Lipinski definition) is 5. The molecule has 1 aromatic carbocycles. The Labute approximate surface area is 114 Å². The number of aromatic nitrogens is 2. The van der Waals surface area contributed by atoms with Crippen molar-refractivity contribution in [1.82, 2.24) is 14.9 Å². The third kappa shape index (κ3) is 2.74. The number of nitrogens with two attached hydrogens (primary N) is 1. The largest absolute Gasteiger partial charge is 0.399 e. The van der Waals surface area contributed by atoms with Gasteiger partial charge in [-0.1, -0.05) is 0 Å². The minimum atomic E-state index is -0.616. The quantitative estimate of drug-likeness (QED) is 0.487. The Kier molecular flexibility index (Phi) is 3.65. The lowest BCUT2D eigenvalue weighted by Gasteiger charge is -2.06. The third-order valence-electron chi connectivity index (χ3n) is 2.79. The number of rotatable bonds is 4. The molecule has 104 valence electrons. The number of nitrogens with one attached hydrogen (secondary N) is 1. The molecule has 8 nitrogen and oxygen atoms in total. The molecule has 0 saturated carbocycles. The van der Waals surface area contributed by atoms with Crippen LogP contribution in [0.2, 0.25) is 0 Å². The van der Waals surface area contributed by atoms with Gasteiger partial charge in [0.05, 0.1) is 11.5 Å². The normalized spacial score (nSPS) is 10.2. The fraction of sp³-hybridized carbons (Fsp3) is 0.167. The molecule has 20 heavy (non-hydrogen) atoms. The molecule has 0 aliphatic heterocycles. The first kappa shape index (κ1) is 13.5. The number of aryl methyl sites for hydroxylation is 1. The monoisotopic (exact) mass is 275 g/mol. The molecule has 2 rings (SSSR count). The molecule has 3 N–H and O–H groups in total. The van der Waals surface area contributed by atoms with Gasteiger partial charge >= 0.3 is 0 Å². The summed E-state index contributed by atoms with van der Waals surface area (Å²) in [7, 11) is 1.79. The van der Waals surface area contributed by atoms with E-state index in [4.69, 9.17) is 5.73 Å². The number of benzene rings is 1. The van der Waals surface area contributed by atoms with E-state index in [2.05, 4.69) is 10.3 Å². The first-order valence-corrected chi connectivity index (χ1v) is 5.77. The number of carbonyl (C=O) groups is 1. The van der Waals surface area contributed by atoms with Crippen LogP contribution in [0.15, 0.2) is 30.6 Å². The highest BCUT2D eigenvalue weighted by Gasteiger charge is 2.20. The highest BCUT2D eigenvalue weighted by atomic mass is 16.6. The molecule has 1 amide bonds. The molecule has 0 spiro atoms. The zero-order chi connectivity index (χ0) is 14.7. The Balaban J connectivity index is 2.19. The second-order valence-corrected chi connectivity index (χ2v) is 4.17. The van der Waals surface area contributed by atoms with Crippen molar-refractivity contribution in [3.05, 3.63) is 52.1 Å². The molecule has 1 aromatic heterocycles. The van der Waals surface area contributed by atoms with E-state index in [1.165, 1.54) is 18.2 Å². The van der Waals surface area contributed by atoms with Gasteiger partial charge in [0.15, 0.2) is 0 Å². The first-order valence-electron chi connectivity index (χ1n) is 5.77. The highest BCUT2D eigenvalue weighted by Crippen LogP contribution is 2.21. The van der Waals surface area contributed by atoms with Crippen LogP contribution in [0.1, 0.15) is 16.2 Å². The molecule has 8 heteroatoms. The van der Waals surface area contributed by atoms with Crippen molar-refractivity contribution in [2.45, 2.75) is 6.54 Å². The van der Waals surface area contributed by atoms with Crippen LogP contribution in [0.5, 0.6) is 0 Å². The van der Waals surface area contributed by atoms with Gasteiger partial charge < -0.3 is 15.6 Å². The fourth-order valence-corrected chi connectivity index (χ4v) is 1.72. The molecule has 1 heterocycles. The smallest absolute Gasteiger partial charge is 0.282 e. The summed E-state index contributed by atoms with van der Waals surface area (Å²) in [5.74, 6) is 0.0805. The van der Waals surface area contributed by atoms with Crippen LogP contribution in [-0.4, -0.2) is 20.4 Å². The SMILES string of the molecule is Cn1ccnc1CNC(=O)c1cc(N)ccc1[N+](=O)[O-]. The van der Waals surface area contributed by atoms with Crippen molar-refractivity contribution >= 4 is 17.3 Å². The lowest BCUT2D eigenvalue weighted by atomic mass is 10.1. The summed E-state index contributed by atoms with van der Waals surface area (Å²) in [5, 5.41) is 13.5. The summed E-state index contributed by atoms with van der Waals surface area (Å²) in [4.78, 5) is 26.3. The Morgan fingerprint density at radius 3 is 2.90 bits per heavy atom. The van der Waals surface area contributed by atoms with Crippen LogP contribution in [0.3, 0.4) is 0 Å². The molecule has 0 unspecified atom stereocenters. The van der Waals surface area contributed by atoms with Crippen LogP contribution in [-0.2, 0) is 13.6 Å². The van der Waals surface area contributed by atoms with Gasteiger partial charge in [0.25, 0.3) is 11.6 Å². The fourth-order valence-electron chi connectivity index (χ4n) is 1.72. The molecule has 2 aromatic rings. The van der Waals surface area contributed by atoms with Crippen molar-refractivity contribution in [3.8, 4) is 0 Å². The van der Waals surface area contributed by atoms with E-state index in [0.717, 1.165) is 0 Å². The van der Waals surface area contributed by atoms with Gasteiger partial charge in [0, 0.05) is 31.2 Å². The zero-order valence-corrected chi connectivity index (χ0v) is 10.7. The van der Waals surface area contributed by atoms with E-state index < -0.39 is 10.8 Å². The molecular formula is C12H13N5O3. The Bertz CT molecular complexity index is 665. The van der Waals surface area contributed by atoms with Gasteiger partial charge in [-0.2, -0.15) is 0 Å². The second kappa shape index (κ2) is 5.39. The van der Waals surface area contributed by atoms with Gasteiger partial charge in [0.2, 0.25) is 0 Å². The highest BCUT2D eigenvalue weighted by molar-refractivity contribution is 5.98. The van der Waals surface area contributed by atoms with Crippen LogP contribution in [0, 0.1) is 10.1 Å². The summed E-state index contributed by atoms with van der Waals surface area (Å²) in [6.07, 6.45) is 3.34. The van der Waals surface area contributed by atoms with Crippen LogP contribution in [0.25, 0.3) is 0 Å². The molecule has 0 radical (unpaired) electrons. The number of amides is 1. The Hall–Kier alpha value is -2.90. The molecular weight excluding hydrogens is 262 g/mol. The summed E-state index contributed by atoms with van der Waals surface area (Å²) in [6, 6.07) is 3.88. The number of nitro benzene ring substituents is 1. The predicted molar refractivity (Wildman–Crippen MR) is 71.9 cm³/mol. The van der Waals surface area contributed by atoms with E-state index in [1.807, 2.05) is 0 Å². The summed E-state index contributed by atoms with van der Waals surface area (Å²) in [5.41, 5.74) is 5.50. The lowest BCUT2D eigenvalue weighted by molar-refractivity contribution is -0.385. The summed E-state index contributed by atoms with van der Waals surface area (Å²) < 4.78 is 1.74. The molecule has 0 bridgehead atoms. The molecule has 0 atom stereocenters. The second-order valence-electron chi connectivity index (χ2n) is 4.17. The van der Waals surface area contributed by atoms with Gasteiger partial charge in [-0.05, 0) is 12.1 Å². The molecule has 0 fully saturated rings. The number of nitro groups is 1. The van der Waals surface area contributed by atoms with Crippen molar-refractivity contribution in [2.24, 2.45) is 7.05 Å². The van der Waals surface area contributed by atoms with E-state index in [9.17, 15) is 14.9 Å².